The number of ether oxygens (including phenoxy) is 2. The van der Waals surface area contributed by atoms with Gasteiger partial charge in [-0.3, -0.25) is 4.79 Å². The first-order chi connectivity index (χ1) is 15.5. The van der Waals surface area contributed by atoms with Crippen LogP contribution in [0.15, 0.2) is 23.1 Å². The van der Waals surface area contributed by atoms with Crippen molar-refractivity contribution in [2.24, 2.45) is 5.92 Å². The zero-order chi connectivity index (χ0) is 24.3. The Morgan fingerprint density at radius 3 is 2.42 bits per heavy atom. The second-order valence-corrected chi connectivity index (χ2v) is 11.5. The average Bonchev–Trinajstić information content (AvgIpc) is 2.74. The largest absolute Gasteiger partial charge is 0.449 e. The predicted octanol–water partition coefficient (Wildman–Crippen LogP) is 3.38. The number of esters is 1. The van der Waals surface area contributed by atoms with E-state index >= 15 is 0 Å². The second-order valence-electron chi connectivity index (χ2n) is 9.15. The molecule has 5 atom stereocenters. The fourth-order valence-corrected chi connectivity index (χ4v) is 6.50. The summed E-state index contributed by atoms with van der Waals surface area (Å²) in [7, 11) is -3.95. The van der Waals surface area contributed by atoms with E-state index in [1.165, 1.54) is 29.4 Å². The van der Waals surface area contributed by atoms with Crippen molar-refractivity contribution >= 4 is 33.5 Å². The molecule has 1 aliphatic carbocycles. The van der Waals surface area contributed by atoms with Crippen molar-refractivity contribution in [2.75, 3.05) is 13.1 Å². The van der Waals surface area contributed by atoms with E-state index in [2.05, 4.69) is 12.2 Å². The molecule has 10 heteroatoms. The number of halogens is 1. The van der Waals surface area contributed by atoms with Gasteiger partial charge < -0.3 is 14.8 Å². The lowest BCUT2D eigenvalue weighted by Gasteiger charge is -2.34. The Bertz CT molecular complexity index is 975. The summed E-state index contributed by atoms with van der Waals surface area (Å²) in [5, 5.41) is 2.98. The lowest BCUT2D eigenvalue weighted by molar-refractivity contribution is -0.130. The molecule has 1 saturated heterocycles. The molecule has 8 nitrogen and oxygen atoms in total. The van der Waals surface area contributed by atoms with E-state index in [-0.39, 0.29) is 52.7 Å². The van der Waals surface area contributed by atoms with Crippen LogP contribution in [0.2, 0.25) is 5.02 Å². The SMILES string of the molecule is C[C@@H]1CN(S(=O)(=O)c2cc(C(=O)O[C@H](C)C(=O)N[C@@H]3CCCC[C@@H]3C)ccc2Cl)C[C@H](C)O1. The number of amides is 1. The number of benzene rings is 1. The molecule has 0 bridgehead atoms. The molecule has 0 unspecified atom stereocenters. The van der Waals surface area contributed by atoms with Crippen LogP contribution in [0.3, 0.4) is 0 Å². The van der Waals surface area contributed by atoms with Crippen LogP contribution in [0.5, 0.6) is 0 Å². The van der Waals surface area contributed by atoms with Crippen molar-refractivity contribution in [3.63, 3.8) is 0 Å². The van der Waals surface area contributed by atoms with Crippen molar-refractivity contribution in [1.82, 2.24) is 9.62 Å². The van der Waals surface area contributed by atoms with Crippen LogP contribution in [0.25, 0.3) is 0 Å². The van der Waals surface area contributed by atoms with Gasteiger partial charge in [-0.15, -0.1) is 0 Å². The van der Waals surface area contributed by atoms with Gasteiger partial charge in [0.15, 0.2) is 6.10 Å². The molecule has 2 aliphatic rings. The van der Waals surface area contributed by atoms with Crippen LogP contribution in [-0.4, -0.2) is 62.0 Å². The van der Waals surface area contributed by atoms with Crippen molar-refractivity contribution in [1.29, 1.82) is 0 Å². The number of hydrogen-bond acceptors (Lipinski definition) is 6. The minimum Gasteiger partial charge on any atom is -0.449 e. The molecule has 1 N–H and O–H groups in total. The standard InChI is InChI=1S/C23H33ClN2O6S/c1-14-7-5-6-8-20(14)25-22(27)17(4)32-23(28)18-9-10-19(24)21(11-18)33(29,30)26-12-15(2)31-16(3)13-26/h9-11,14-17,20H,5-8,12-13H2,1-4H3,(H,25,27)/t14-,15-,16+,17+,20+/m0/s1. The summed E-state index contributed by atoms with van der Waals surface area (Å²) >= 11 is 6.20. The second kappa shape index (κ2) is 10.7. The highest BCUT2D eigenvalue weighted by Gasteiger charge is 2.34. The third-order valence-corrected chi connectivity index (χ3v) is 8.58. The van der Waals surface area contributed by atoms with E-state index < -0.39 is 22.1 Å². The van der Waals surface area contributed by atoms with Gasteiger partial charge in [-0.2, -0.15) is 4.31 Å². The molecular weight excluding hydrogens is 468 g/mol. The fraction of sp³-hybridized carbons (Fsp3) is 0.652. The molecule has 184 valence electrons. The first-order valence-electron chi connectivity index (χ1n) is 11.5. The van der Waals surface area contributed by atoms with Gasteiger partial charge in [0.1, 0.15) is 4.90 Å². The topological polar surface area (TPSA) is 102 Å². The van der Waals surface area contributed by atoms with Gasteiger partial charge in [0.2, 0.25) is 10.0 Å². The number of rotatable bonds is 6. The maximum atomic E-state index is 13.2. The molecule has 1 aromatic rings. The lowest BCUT2D eigenvalue weighted by Crippen LogP contribution is -2.48. The summed E-state index contributed by atoms with van der Waals surface area (Å²) in [4.78, 5) is 25.1. The number of carbonyl (C=O) groups is 2. The van der Waals surface area contributed by atoms with Crippen LogP contribution < -0.4 is 5.32 Å². The van der Waals surface area contributed by atoms with Crippen LogP contribution in [0.4, 0.5) is 0 Å². The van der Waals surface area contributed by atoms with Gasteiger partial charge in [0, 0.05) is 19.1 Å². The number of morpholine rings is 1. The van der Waals surface area contributed by atoms with Crippen LogP contribution >= 0.6 is 11.6 Å². The molecule has 0 radical (unpaired) electrons. The van der Waals surface area contributed by atoms with E-state index in [0.29, 0.717) is 5.92 Å². The number of nitrogens with zero attached hydrogens (tertiary/aromatic N) is 1. The number of sulfonamides is 1. The molecule has 1 aliphatic heterocycles. The monoisotopic (exact) mass is 500 g/mol. The number of nitrogens with one attached hydrogen (secondary N) is 1. The molecule has 0 spiro atoms. The minimum absolute atomic E-state index is 0.00965. The van der Waals surface area contributed by atoms with E-state index in [0.717, 1.165) is 25.7 Å². The number of carbonyl (C=O) groups excluding carboxylic acids is 2. The van der Waals surface area contributed by atoms with Gasteiger partial charge in [-0.1, -0.05) is 31.4 Å². The molecule has 2 fully saturated rings. The van der Waals surface area contributed by atoms with E-state index in [9.17, 15) is 18.0 Å². The van der Waals surface area contributed by atoms with E-state index in [1.807, 2.05) is 0 Å². The van der Waals surface area contributed by atoms with Gasteiger partial charge in [0.05, 0.1) is 22.8 Å². The summed E-state index contributed by atoms with van der Waals surface area (Å²) < 4.78 is 38.7. The van der Waals surface area contributed by atoms with Gasteiger partial charge >= 0.3 is 5.97 Å². The van der Waals surface area contributed by atoms with Gasteiger partial charge in [0.25, 0.3) is 5.91 Å². The summed E-state index contributed by atoms with van der Waals surface area (Å²) in [6.45, 7) is 7.59. The highest BCUT2D eigenvalue weighted by atomic mass is 35.5. The quantitative estimate of drug-likeness (QED) is 0.601. The van der Waals surface area contributed by atoms with Crippen LogP contribution in [-0.2, 0) is 24.3 Å². The minimum atomic E-state index is -3.95. The molecule has 1 saturated carbocycles. The van der Waals surface area contributed by atoms with E-state index in [4.69, 9.17) is 21.1 Å². The molecule has 1 heterocycles. The van der Waals surface area contributed by atoms with Crippen molar-refractivity contribution < 1.29 is 27.5 Å². The molecule has 33 heavy (non-hydrogen) atoms. The smallest absolute Gasteiger partial charge is 0.338 e. The fourth-order valence-electron chi connectivity index (χ4n) is 4.41. The maximum Gasteiger partial charge on any atom is 0.338 e. The molecule has 1 aromatic carbocycles. The van der Waals surface area contributed by atoms with Crippen molar-refractivity contribution in [3.05, 3.63) is 28.8 Å². The summed E-state index contributed by atoms with van der Waals surface area (Å²) in [5.41, 5.74) is 0.0121. The third-order valence-electron chi connectivity index (χ3n) is 6.26. The summed E-state index contributed by atoms with van der Waals surface area (Å²) in [5.74, 6) is -0.772. The first kappa shape index (κ1) is 25.9. The van der Waals surface area contributed by atoms with Gasteiger partial charge in [-0.25, -0.2) is 13.2 Å². The maximum absolute atomic E-state index is 13.2. The third kappa shape index (κ3) is 6.26. The Balaban J connectivity index is 1.71. The zero-order valence-electron chi connectivity index (χ0n) is 19.5. The molecule has 0 aromatic heterocycles. The highest BCUT2D eigenvalue weighted by molar-refractivity contribution is 7.89. The highest BCUT2D eigenvalue weighted by Crippen LogP contribution is 2.29. The summed E-state index contributed by atoms with van der Waals surface area (Å²) in [6.07, 6.45) is 2.65. The van der Waals surface area contributed by atoms with Crippen LogP contribution in [0, 0.1) is 5.92 Å². The molecule has 1 amide bonds. The Kier molecular flexibility index (Phi) is 8.42. The molecular formula is C23H33ClN2O6S. The Morgan fingerprint density at radius 2 is 1.79 bits per heavy atom. The Morgan fingerprint density at radius 1 is 1.15 bits per heavy atom. The average molecular weight is 501 g/mol. The normalized spacial score (nSPS) is 27.5. The molecule has 3 rings (SSSR count). The Labute approximate surface area is 201 Å². The van der Waals surface area contributed by atoms with Crippen molar-refractivity contribution in [3.8, 4) is 0 Å². The predicted molar refractivity (Wildman–Crippen MR) is 125 cm³/mol. The Hall–Kier alpha value is -1.68. The van der Waals surface area contributed by atoms with Crippen LogP contribution in [0.1, 0.15) is 63.7 Å². The first-order valence-corrected chi connectivity index (χ1v) is 13.3. The van der Waals surface area contributed by atoms with Gasteiger partial charge in [-0.05, 0) is 57.7 Å². The van der Waals surface area contributed by atoms with Crippen molar-refractivity contribution in [2.45, 2.75) is 82.6 Å². The lowest BCUT2D eigenvalue weighted by atomic mass is 9.86. The zero-order valence-corrected chi connectivity index (χ0v) is 21.1. The van der Waals surface area contributed by atoms with E-state index in [1.54, 1.807) is 13.8 Å². The number of hydrogen-bond donors (Lipinski definition) is 1. The summed E-state index contributed by atoms with van der Waals surface area (Å²) in [6, 6.07) is 4.02.